The Bertz CT molecular complexity index is 1010. The highest BCUT2D eigenvalue weighted by Gasteiger charge is 2.29. The zero-order chi connectivity index (χ0) is 26.0. The van der Waals surface area contributed by atoms with Gasteiger partial charge in [-0.15, -0.1) is 0 Å². The number of thiocarbonyl (C=S) groups is 1. The van der Waals surface area contributed by atoms with Gasteiger partial charge in [-0.25, -0.2) is 9.59 Å². The van der Waals surface area contributed by atoms with Crippen LogP contribution in [0.4, 0.5) is 9.59 Å². The van der Waals surface area contributed by atoms with Gasteiger partial charge in [-0.1, -0.05) is 67.8 Å². The molecule has 0 saturated heterocycles. The van der Waals surface area contributed by atoms with E-state index in [-0.39, 0.29) is 23.7 Å². The molecule has 1 aliphatic carbocycles. The molecule has 3 rings (SSSR count). The van der Waals surface area contributed by atoms with Crippen LogP contribution in [0.25, 0.3) is 11.1 Å². The molecule has 0 fully saturated rings. The van der Waals surface area contributed by atoms with E-state index in [1.807, 2.05) is 45.0 Å². The van der Waals surface area contributed by atoms with E-state index in [4.69, 9.17) is 21.7 Å². The fourth-order valence-corrected chi connectivity index (χ4v) is 4.44. The summed E-state index contributed by atoms with van der Waals surface area (Å²) in [5.41, 5.74) is 4.26. The lowest BCUT2D eigenvalue weighted by Crippen LogP contribution is -2.40. The van der Waals surface area contributed by atoms with Crippen LogP contribution in [0.15, 0.2) is 48.5 Å². The van der Waals surface area contributed by atoms with Crippen molar-refractivity contribution in [1.82, 2.24) is 16.0 Å². The quantitative estimate of drug-likeness (QED) is 0.273. The summed E-state index contributed by atoms with van der Waals surface area (Å²) < 4.78 is 10.7. The molecule has 2 amide bonds. The molecule has 8 heteroatoms. The van der Waals surface area contributed by atoms with Crippen LogP contribution in [0.1, 0.15) is 69.9 Å². The second-order valence-corrected chi connectivity index (χ2v) is 10.3. The Kier molecular flexibility index (Phi) is 10.1. The highest BCUT2D eigenvalue weighted by molar-refractivity contribution is 7.80. The number of nitrogens with one attached hydrogen (secondary N) is 3. The molecule has 0 aromatic heterocycles. The van der Waals surface area contributed by atoms with Crippen molar-refractivity contribution >= 4 is 29.5 Å². The summed E-state index contributed by atoms with van der Waals surface area (Å²) in [4.78, 5) is 23.9. The van der Waals surface area contributed by atoms with Crippen LogP contribution in [-0.2, 0) is 9.47 Å². The van der Waals surface area contributed by atoms with E-state index < -0.39 is 11.7 Å². The molecule has 0 aliphatic heterocycles. The van der Waals surface area contributed by atoms with Crippen molar-refractivity contribution in [1.29, 1.82) is 0 Å². The van der Waals surface area contributed by atoms with Crippen LogP contribution in [0.5, 0.6) is 0 Å². The topological polar surface area (TPSA) is 88.7 Å². The van der Waals surface area contributed by atoms with Crippen LogP contribution in [0.2, 0.25) is 0 Å². The van der Waals surface area contributed by atoms with E-state index in [0.29, 0.717) is 13.1 Å². The third-order valence-electron chi connectivity index (χ3n) is 5.87. The SMILES string of the molecule is CC(C)(C)OC(=O)NCCCCCCCNC(=S)NC(=O)OCC1c2ccccc2-c2ccccc21. The fraction of sp³-hybridized carbons (Fsp3) is 0.464. The van der Waals surface area contributed by atoms with Crippen molar-refractivity contribution in [3.8, 4) is 11.1 Å². The van der Waals surface area contributed by atoms with Crippen molar-refractivity contribution in [2.24, 2.45) is 0 Å². The average Bonchev–Trinajstić information content (AvgIpc) is 3.14. The Morgan fingerprint density at radius 1 is 0.806 bits per heavy atom. The first-order valence-corrected chi connectivity index (χ1v) is 13.0. The second kappa shape index (κ2) is 13.3. The van der Waals surface area contributed by atoms with Crippen LogP contribution >= 0.6 is 12.2 Å². The van der Waals surface area contributed by atoms with Gasteiger partial charge in [0, 0.05) is 19.0 Å². The van der Waals surface area contributed by atoms with E-state index in [1.54, 1.807) is 0 Å². The average molecular weight is 512 g/mol. The number of carbonyl (C=O) groups excluding carboxylic acids is 2. The molecule has 0 saturated carbocycles. The third-order valence-corrected chi connectivity index (χ3v) is 6.11. The zero-order valence-electron chi connectivity index (χ0n) is 21.4. The highest BCUT2D eigenvalue weighted by atomic mass is 32.1. The first kappa shape index (κ1) is 27.5. The number of unbranched alkanes of at least 4 members (excludes halogenated alkanes) is 4. The molecule has 2 aromatic rings. The maximum absolute atomic E-state index is 12.3. The van der Waals surface area contributed by atoms with Gasteiger partial charge in [0.15, 0.2) is 5.11 Å². The minimum Gasteiger partial charge on any atom is -0.448 e. The number of alkyl carbamates (subject to hydrolysis) is 2. The van der Waals surface area contributed by atoms with E-state index in [0.717, 1.165) is 32.1 Å². The summed E-state index contributed by atoms with van der Waals surface area (Å²) in [6.07, 6.45) is 4.05. The molecule has 0 heterocycles. The molecular weight excluding hydrogens is 474 g/mol. The number of amides is 2. The molecule has 36 heavy (non-hydrogen) atoms. The molecule has 7 nitrogen and oxygen atoms in total. The number of carbonyl (C=O) groups is 2. The van der Waals surface area contributed by atoms with Crippen LogP contribution < -0.4 is 16.0 Å². The smallest absolute Gasteiger partial charge is 0.413 e. The van der Waals surface area contributed by atoms with E-state index >= 15 is 0 Å². The van der Waals surface area contributed by atoms with Gasteiger partial charge in [0.1, 0.15) is 12.2 Å². The summed E-state index contributed by atoms with van der Waals surface area (Å²) in [5, 5.41) is 8.70. The molecular formula is C28H37N3O4S. The zero-order valence-corrected chi connectivity index (χ0v) is 22.2. The normalized spacial score (nSPS) is 12.3. The number of hydrogen-bond donors (Lipinski definition) is 3. The van der Waals surface area contributed by atoms with Crippen molar-refractivity contribution in [2.45, 2.75) is 64.4 Å². The summed E-state index contributed by atoms with van der Waals surface area (Å²) in [5.74, 6) is 0.0176. The van der Waals surface area contributed by atoms with Crippen molar-refractivity contribution in [3.05, 3.63) is 59.7 Å². The van der Waals surface area contributed by atoms with Gasteiger partial charge in [0.25, 0.3) is 0 Å². The Balaban J connectivity index is 1.25. The number of ether oxygens (including phenoxy) is 2. The summed E-state index contributed by atoms with van der Waals surface area (Å²) in [6, 6.07) is 16.5. The number of benzene rings is 2. The minimum absolute atomic E-state index is 0.0176. The molecule has 2 aromatic carbocycles. The first-order chi connectivity index (χ1) is 17.2. The van der Waals surface area contributed by atoms with Gasteiger partial charge >= 0.3 is 12.2 Å². The van der Waals surface area contributed by atoms with Crippen molar-refractivity contribution in [3.63, 3.8) is 0 Å². The van der Waals surface area contributed by atoms with Gasteiger partial charge in [-0.2, -0.15) is 0 Å². The van der Waals surface area contributed by atoms with Crippen LogP contribution in [-0.4, -0.2) is 42.6 Å². The predicted octanol–water partition coefficient (Wildman–Crippen LogP) is 5.87. The van der Waals surface area contributed by atoms with Crippen LogP contribution in [0.3, 0.4) is 0 Å². The lowest BCUT2D eigenvalue weighted by Gasteiger charge is -2.19. The predicted molar refractivity (Wildman–Crippen MR) is 146 cm³/mol. The van der Waals surface area contributed by atoms with Crippen molar-refractivity contribution < 1.29 is 19.1 Å². The molecule has 0 unspecified atom stereocenters. The monoisotopic (exact) mass is 511 g/mol. The first-order valence-electron chi connectivity index (χ1n) is 12.6. The van der Waals surface area contributed by atoms with E-state index in [1.165, 1.54) is 22.3 Å². The standard InChI is InChI=1S/C28H37N3O4S/c1-28(2,3)35-26(32)30-18-12-6-4-5-11-17-29-25(36)31-27(33)34-19-24-22-15-9-7-13-20(22)21-14-8-10-16-23(21)24/h7-10,13-16,24H,4-6,11-12,17-19H2,1-3H3,(H,30,32)(H2,29,31,33,36). The second-order valence-electron chi connectivity index (χ2n) is 9.90. The van der Waals surface area contributed by atoms with Crippen LogP contribution in [0, 0.1) is 0 Å². The van der Waals surface area contributed by atoms with Gasteiger partial charge in [0.2, 0.25) is 0 Å². The Hall–Kier alpha value is -3.13. The van der Waals surface area contributed by atoms with Gasteiger partial charge in [-0.3, -0.25) is 5.32 Å². The molecule has 0 spiro atoms. The number of fused-ring (bicyclic) bond motifs is 3. The molecule has 194 valence electrons. The molecule has 0 bridgehead atoms. The van der Waals surface area contributed by atoms with Gasteiger partial charge in [0.05, 0.1) is 0 Å². The summed E-state index contributed by atoms with van der Waals surface area (Å²) >= 11 is 5.23. The molecule has 0 radical (unpaired) electrons. The minimum atomic E-state index is -0.549. The van der Waals surface area contributed by atoms with E-state index in [2.05, 4.69) is 40.2 Å². The van der Waals surface area contributed by atoms with Crippen molar-refractivity contribution in [2.75, 3.05) is 19.7 Å². The lowest BCUT2D eigenvalue weighted by molar-refractivity contribution is 0.0527. The van der Waals surface area contributed by atoms with E-state index in [9.17, 15) is 9.59 Å². The highest BCUT2D eigenvalue weighted by Crippen LogP contribution is 2.44. The third kappa shape index (κ3) is 8.52. The summed E-state index contributed by atoms with van der Waals surface area (Å²) in [7, 11) is 0. The lowest BCUT2D eigenvalue weighted by atomic mass is 9.98. The Labute approximate surface area is 219 Å². The fourth-order valence-electron chi connectivity index (χ4n) is 4.26. The molecule has 0 atom stereocenters. The number of rotatable bonds is 10. The number of hydrogen-bond acceptors (Lipinski definition) is 5. The summed E-state index contributed by atoms with van der Waals surface area (Å²) in [6.45, 7) is 7.09. The maximum Gasteiger partial charge on any atom is 0.413 e. The largest absolute Gasteiger partial charge is 0.448 e. The van der Waals surface area contributed by atoms with Gasteiger partial charge in [-0.05, 0) is 68.1 Å². The van der Waals surface area contributed by atoms with Gasteiger partial charge < -0.3 is 20.1 Å². The Morgan fingerprint density at radius 3 is 1.92 bits per heavy atom. The molecule has 1 aliphatic rings. The maximum atomic E-state index is 12.3. The molecule has 3 N–H and O–H groups in total. The Morgan fingerprint density at radius 2 is 1.33 bits per heavy atom.